The highest BCUT2D eigenvalue weighted by atomic mass is 35.5. The Morgan fingerprint density at radius 3 is 2.67 bits per heavy atom. The molecule has 40 heavy (non-hydrogen) atoms. The second-order valence-electron chi connectivity index (χ2n) is 8.57. The Kier molecular flexibility index (Phi) is 9.60. The van der Waals surface area contributed by atoms with E-state index in [1.807, 2.05) is 24.3 Å². The molecule has 1 fully saturated rings. The summed E-state index contributed by atoms with van der Waals surface area (Å²) in [7, 11) is -3.95. The molecule has 1 aliphatic rings. The van der Waals surface area contributed by atoms with Crippen molar-refractivity contribution in [3.8, 4) is 5.75 Å². The first-order valence-electron chi connectivity index (χ1n) is 11.9. The number of sulfonamides is 1. The van der Waals surface area contributed by atoms with Gasteiger partial charge in [0, 0.05) is 13.1 Å². The summed E-state index contributed by atoms with van der Waals surface area (Å²) in [6, 6.07) is 15.1. The van der Waals surface area contributed by atoms with Gasteiger partial charge >= 0.3 is 0 Å². The predicted molar refractivity (Wildman–Crippen MR) is 150 cm³/mol. The number of anilines is 1. The lowest BCUT2D eigenvalue weighted by atomic mass is 10.1. The maximum atomic E-state index is 12.9. The van der Waals surface area contributed by atoms with Crippen molar-refractivity contribution in [1.82, 2.24) is 20.4 Å². The minimum atomic E-state index is -3.95. The molecule has 212 valence electrons. The summed E-state index contributed by atoms with van der Waals surface area (Å²) in [4.78, 5) is 20.8. The number of phenols is 1. The number of carbonyl (C=O) groups excluding carboxylic acids is 1. The maximum absolute atomic E-state index is 12.9. The van der Waals surface area contributed by atoms with E-state index in [0.29, 0.717) is 48.1 Å². The third-order valence-corrected chi connectivity index (χ3v) is 8.89. The van der Waals surface area contributed by atoms with Crippen LogP contribution in [0.1, 0.15) is 11.1 Å². The Morgan fingerprint density at radius 1 is 1.23 bits per heavy atom. The van der Waals surface area contributed by atoms with Crippen molar-refractivity contribution in [1.29, 1.82) is 0 Å². The molecule has 5 rings (SSSR count). The van der Waals surface area contributed by atoms with Gasteiger partial charge in [0.2, 0.25) is 5.91 Å². The number of carboxylic acid groups (broad SMARTS) is 1. The average Bonchev–Trinajstić information content (AvgIpc) is 3.53. The molecule has 4 aromatic rings. The quantitative estimate of drug-likeness (QED) is 0.189. The predicted octanol–water partition coefficient (Wildman–Crippen LogP) is 2.61. The molecule has 1 aliphatic heterocycles. The minimum absolute atomic E-state index is 0.0169. The van der Waals surface area contributed by atoms with Crippen molar-refractivity contribution in [2.45, 2.75) is 23.3 Å². The summed E-state index contributed by atoms with van der Waals surface area (Å²) in [6.07, 6.45) is 0. The fourth-order valence-corrected chi connectivity index (χ4v) is 6.57. The third kappa shape index (κ3) is 7.08. The van der Waals surface area contributed by atoms with E-state index in [0.717, 1.165) is 22.5 Å². The first kappa shape index (κ1) is 29.3. The largest absolute Gasteiger partial charge is 0.507 e. The van der Waals surface area contributed by atoms with Gasteiger partial charge in [0.1, 0.15) is 16.0 Å². The molecule has 0 aliphatic carbocycles. The highest BCUT2D eigenvalue weighted by molar-refractivity contribution is 7.94. The second kappa shape index (κ2) is 13.1. The number of aromatic nitrogens is 2. The molecule has 0 radical (unpaired) electrons. The number of amides is 1. The van der Waals surface area contributed by atoms with Crippen molar-refractivity contribution >= 4 is 62.1 Å². The number of hydrogen-bond donors (Lipinski definition) is 5. The fourth-order valence-electron chi connectivity index (χ4n) is 4.08. The maximum Gasteiger partial charge on any atom is 0.290 e. The highest BCUT2D eigenvalue weighted by Gasteiger charge is 2.23. The van der Waals surface area contributed by atoms with Crippen LogP contribution in [0.3, 0.4) is 0 Å². The normalized spacial score (nSPS) is 15.2. The van der Waals surface area contributed by atoms with Crippen molar-refractivity contribution in [2.75, 3.05) is 24.5 Å². The van der Waals surface area contributed by atoms with E-state index in [-0.39, 0.29) is 34.2 Å². The molecule has 2 aromatic heterocycles. The number of benzene rings is 2. The number of nitrogens with one attached hydrogen (secondary N) is 3. The molecule has 1 amide bonds. The smallest absolute Gasteiger partial charge is 0.290 e. The average molecular weight is 608 g/mol. The number of halogens is 1. The molecule has 1 saturated heterocycles. The van der Waals surface area contributed by atoms with Crippen LogP contribution in [0, 0.1) is 0 Å². The molecule has 12 nitrogen and oxygen atoms in total. The lowest BCUT2D eigenvalue weighted by molar-refractivity contribution is -0.126. The summed E-state index contributed by atoms with van der Waals surface area (Å²) in [5.74, 6) is -0.201. The van der Waals surface area contributed by atoms with Gasteiger partial charge in [-0.3, -0.25) is 19.0 Å². The number of morpholine rings is 1. The number of thiophene rings is 1. The van der Waals surface area contributed by atoms with Gasteiger partial charge in [-0.2, -0.15) is 5.10 Å². The van der Waals surface area contributed by atoms with Crippen LogP contribution in [0.5, 0.6) is 5.75 Å². The Balaban J connectivity index is 0.00000118. The number of ether oxygens (including phenoxy) is 1. The summed E-state index contributed by atoms with van der Waals surface area (Å²) in [6.45, 7) is 1.99. The van der Waals surface area contributed by atoms with Crippen LogP contribution in [0.2, 0.25) is 4.34 Å². The van der Waals surface area contributed by atoms with Gasteiger partial charge in [0.15, 0.2) is 5.82 Å². The van der Waals surface area contributed by atoms with Crippen LogP contribution in [-0.2, 0) is 37.4 Å². The standard InChI is InChI=1S/C24H24ClN5O5S2.CH2O2/c25-20-7-8-21(36-20)37(33,34)29-23-22-18(5-2-6-19(22)31)30(28-23)13-16-4-1-3-15(11-16)12-27-24(32)17-14-35-10-9-26-17;2-1-3/h1-8,11,17,26,31H,9-10,12-14H2,(H,27,32)(H,28,29);1H,(H,2,3)/t17-;/m0./s1. The van der Waals surface area contributed by atoms with Crippen LogP contribution in [0.15, 0.2) is 58.8 Å². The summed E-state index contributed by atoms with van der Waals surface area (Å²) >= 11 is 6.84. The zero-order chi connectivity index (χ0) is 28.7. The summed E-state index contributed by atoms with van der Waals surface area (Å²) < 4.78 is 35.6. The van der Waals surface area contributed by atoms with E-state index in [1.54, 1.807) is 16.8 Å². The van der Waals surface area contributed by atoms with Gasteiger partial charge in [0.25, 0.3) is 16.5 Å². The zero-order valence-electron chi connectivity index (χ0n) is 20.9. The van der Waals surface area contributed by atoms with Crippen LogP contribution >= 0.6 is 22.9 Å². The molecule has 3 heterocycles. The summed E-state index contributed by atoms with van der Waals surface area (Å²) in [5, 5.41) is 28.2. The van der Waals surface area contributed by atoms with Gasteiger partial charge in [0.05, 0.1) is 35.0 Å². The van der Waals surface area contributed by atoms with Gasteiger partial charge in [-0.15, -0.1) is 11.3 Å². The number of hydrogen-bond acceptors (Lipinski definition) is 9. The number of rotatable bonds is 8. The highest BCUT2D eigenvalue weighted by Crippen LogP contribution is 2.34. The molecular formula is C25H26ClN5O7S2. The number of carbonyl (C=O) groups is 2. The van der Waals surface area contributed by atoms with Gasteiger partial charge in [-0.1, -0.05) is 41.9 Å². The Morgan fingerprint density at radius 2 is 1.98 bits per heavy atom. The van der Waals surface area contributed by atoms with E-state index in [4.69, 9.17) is 26.2 Å². The monoisotopic (exact) mass is 607 g/mol. The second-order valence-corrected chi connectivity index (χ2v) is 12.2. The van der Waals surface area contributed by atoms with Crippen LogP contribution in [0.4, 0.5) is 5.82 Å². The first-order chi connectivity index (χ1) is 19.2. The molecule has 0 bridgehead atoms. The van der Waals surface area contributed by atoms with E-state index < -0.39 is 10.0 Å². The first-order valence-corrected chi connectivity index (χ1v) is 14.6. The Hall–Kier alpha value is -3.69. The van der Waals surface area contributed by atoms with Crippen molar-refractivity contribution in [3.05, 3.63) is 70.1 Å². The molecule has 2 aromatic carbocycles. The Labute approximate surface area is 238 Å². The SMILES string of the molecule is O=C(NCc1cccc(Cn2nc(NS(=O)(=O)c3ccc(Cl)s3)c3c(O)cccc32)c1)[C@@H]1COCCN1.O=CO. The molecular weight excluding hydrogens is 582 g/mol. The van der Waals surface area contributed by atoms with E-state index in [2.05, 4.69) is 20.5 Å². The molecule has 1 atom stereocenters. The molecule has 0 saturated carbocycles. The molecule has 5 N–H and O–H groups in total. The van der Waals surface area contributed by atoms with E-state index in [9.17, 15) is 18.3 Å². The van der Waals surface area contributed by atoms with Gasteiger partial charge in [-0.25, -0.2) is 8.42 Å². The van der Waals surface area contributed by atoms with Crippen LogP contribution in [0.25, 0.3) is 10.9 Å². The fraction of sp³-hybridized carbons (Fsp3) is 0.240. The third-order valence-electron chi connectivity index (χ3n) is 5.83. The van der Waals surface area contributed by atoms with E-state index in [1.165, 1.54) is 18.2 Å². The molecule has 15 heteroatoms. The van der Waals surface area contributed by atoms with Crippen molar-refractivity contribution in [3.63, 3.8) is 0 Å². The number of aromatic hydroxyl groups is 1. The zero-order valence-corrected chi connectivity index (χ0v) is 23.3. The van der Waals surface area contributed by atoms with Crippen LogP contribution in [-0.4, -0.2) is 66.6 Å². The number of nitrogens with zero attached hydrogens (tertiary/aromatic N) is 2. The summed E-state index contributed by atoms with van der Waals surface area (Å²) in [5.41, 5.74) is 2.35. The lowest BCUT2D eigenvalue weighted by Crippen LogP contribution is -2.51. The molecule has 0 spiro atoms. The number of fused-ring (bicyclic) bond motifs is 1. The Bertz CT molecular complexity index is 1600. The topological polar surface area (TPSA) is 172 Å². The number of phenolic OH excluding ortho intramolecular Hbond substituents is 1. The minimum Gasteiger partial charge on any atom is -0.507 e. The van der Waals surface area contributed by atoms with Crippen molar-refractivity contribution in [2.24, 2.45) is 0 Å². The lowest BCUT2D eigenvalue weighted by Gasteiger charge is -2.22. The van der Waals surface area contributed by atoms with Gasteiger partial charge < -0.3 is 25.6 Å². The van der Waals surface area contributed by atoms with Crippen LogP contribution < -0.4 is 15.4 Å². The van der Waals surface area contributed by atoms with Gasteiger partial charge in [-0.05, 0) is 35.4 Å². The molecule has 0 unspecified atom stereocenters. The van der Waals surface area contributed by atoms with E-state index >= 15 is 0 Å². The van der Waals surface area contributed by atoms with Crippen molar-refractivity contribution < 1.29 is 33.0 Å².